The molecular formula is C17H23NO3. The van der Waals surface area contributed by atoms with E-state index in [0.717, 1.165) is 30.6 Å². The smallest absolute Gasteiger partial charge is 0.223 e. The Labute approximate surface area is 126 Å². The number of nitrogens with one attached hydrogen (secondary N) is 1. The van der Waals surface area contributed by atoms with E-state index in [1.807, 2.05) is 24.3 Å². The molecule has 1 amide bonds. The second-order valence-corrected chi connectivity index (χ2v) is 5.19. The van der Waals surface area contributed by atoms with Crippen LogP contribution in [0.4, 0.5) is 0 Å². The van der Waals surface area contributed by atoms with Crippen molar-refractivity contribution in [3.63, 3.8) is 0 Å². The molecule has 0 aromatic heterocycles. The number of benzene rings is 1. The predicted octanol–water partition coefficient (Wildman–Crippen LogP) is 2.86. The molecule has 0 heterocycles. The van der Waals surface area contributed by atoms with Gasteiger partial charge >= 0.3 is 0 Å². The van der Waals surface area contributed by atoms with Crippen LogP contribution in [0.25, 0.3) is 0 Å². The number of carbonyl (C=O) groups excluding carboxylic acids is 1. The molecule has 1 N–H and O–H groups in total. The van der Waals surface area contributed by atoms with E-state index in [1.165, 1.54) is 0 Å². The highest BCUT2D eigenvalue weighted by Gasteiger charge is 2.21. The third-order valence-electron chi connectivity index (χ3n) is 3.87. The van der Waals surface area contributed by atoms with Crippen molar-refractivity contribution >= 4 is 5.91 Å². The molecule has 1 aliphatic carbocycles. The first-order chi connectivity index (χ1) is 10.3. The number of hydrogen-bond acceptors (Lipinski definition) is 3. The number of hydrogen-bond donors (Lipinski definition) is 1. The summed E-state index contributed by atoms with van der Waals surface area (Å²) >= 11 is 0. The molecule has 2 rings (SSSR count). The molecule has 0 bridgehead atoms. The van der Waals surface area contributed by atoms with Gasteiger partial charge in [0, 0.05) is 25.1 Å². The Bertz CT molecular complexity index is 499. The van der Waals surface area contributed by atoms with E-state index in [4.69, 9.17) is 9.47 Å². The lowest BCUT2D eigenvalue weighted by atomic mass is 9.93. The summed E-state index contributed by atoms with van der Waals surface area (Å²) in [4.78, 5) is 12.2. The molecule has 1 aromatic rings. The molecule has 114 valence electrons. The maximum absolute atomic E-state index is 12.2. The zero-order valence-electron chi connectivity index (χ0n) is 12.7. The second kappa shape index (κ2) is 7.84. The van der Waals surface area contributed by atoms with Crippen molar-refractivity contribution in [2.45, 2.75) is 25.4 Å². The number of ether oxygens (including phenoxy) is 2. The van der Waals surface area contributed by atoms with Crippen molar-refractivity contribution in [1.29, 1.82) is 0 Å². The molecule has 0 spiro atoms. The Kier molecular flexibility index (Phi) is 5.81. The van der Waals surface area contributed by atoms with Gasteiger partial charge in [-0.05, 0) is 25.3 Å². The largest absolute Gasteiger partial charge is 0.496 e. The summed E-state index contributed by atoms with van der Waals surface area (Å²) in [7, 11) is 3.28. The number of rotatable bonds is 6. The second-order valence-electron chi connectivity index (χ2n) is 5.19. The van der Waals surface area contributed by atoms with Gasteiger partial charge in [-0.1, -0.05) is 30.4 Å². The average Bonchev–Trinajstić information content (AvgIpc) is 2.56. The maximum Gasteiger partial charge on any atom is 0.223 e. The third-order valence-corrected chi connectivity index (χ3v) is 3.87. The fraction of sp³-hybridized carbons (Fsp3) is 0.471. The van der Waals surface area contributed by atoms with E-state index in [2.05, 4.69) is 17.5 Å². The van der Waals surface area contributed by atoms with E-state index in [9.17, 15) is 4.79 Å². The number of carbonyl (C=O) groups is 1. The van der Waals surface area contributed by atoms with Gasteiger partial charge in [-0.2, -0.15) is 0 Å². The molecule has 4 nitrogen and oxygen atoms in total. The molecular weight excluding hydrogens is 266 g/mol. The lowest BCUT2D eigenvalue weighted by Crippen LogP contribution is -2.34. The maximum atomic E-state index is 12.2. The van der Waals surface area contributed by atoms with Crippen LogP contribution >= 0.6 is 0 Å². The number of methoxy groups -OCH3 is 2. The van der Waals surface area contributed by atoms with Crippen LogP contribution in [0.2, 0.25) is 0 Å². The normalized spacial score (nSPS) is 19.0. The molecule has 0 aliphatic heterocycles. The van der Waals surface area contributed by atoms with Crippen molar-refractivity contribution in [3.05, 3.63) is 42.0 Å². The summed E-state index contributed by atoms with van der Waals surface area (Å²) in [5, 5.41) is 3.00. The Morgan fingerprint density at radius 1 is 1.33 bits per heavy atom. The van der Waals surface area contributed by atoms with Gasteiger partial charge in [-0.25, -0.2) is 0 Å². The minimum Gasteiger partial charge on any atom is -0.496 e. The van der Waals surface area contributed by atoms with Crippen molar-refractivity contribution in [2.75, 3.05) is 20.8 Å². The fourth-order valence-corrected chi connectivity index (χ4v) is 2.62. The molecule has 0 fully saturated rings. The van der Waals surface area contributed by atoms with E-state index in [-0.39, 0.29) is 17.9 Å². The van der Waals surface area contributed by atoms with Crippen LogP contribution in [-0.4, -0.2) is 26.7 Å². The first kappa shape index (κ1) is 15.6. The van der Waals surface area contributed by atoms with Crippen molar-refractivity contribution in [3.8, 4) is 5.75 Å². The quantitative estimate of drug-likeness (QED) is 0.819. The zero-order valence-corrected chi connectivity index (χ0v) is 12.7. The lowest BCUT2D eigenvalue weighted by Gasteiger charge is -2.22. The number of para-hydroxylation sites is 1. The summed E-state index contributed by atoms with van der Waals surface area (Å²) in [6.07, 6.45) is 6.76. The highest BCUT2D eigenvalue weighted by molar-refractivity contribution is 5.79. The van der Waals surface area contributed by atoms with E-state index in [0.29, 0.717) is 6.54 Å². The average molecular weight is 289 g/mol. The molecule has 21 heavy (non-hydrogen) atoms. The van der Waals surface area contributed by atoms with Gasteiger partial charge in [0.05, 0.1) is 7.11 Å². The Hall–Kier alpha value is -1.81. The minimum atomic E-state index is -0.204. The zero-order chi connectivity index (χ0) is 15.1. The van der Waals surface area contributed by atoms with E-state index in [1.54, 1.807) is 14.2 Å². The molecule has 1 aromatic carbocycles. The molecule has 0 saturated carbocycles. The van der Waals surface area contributed by atoms with Crippen LogP contribution in [0, 0.1) is 5.92 Å². The number of amides is 1. The van der Waals surface area contributed by atoms with Crippen molar-refractivity contribution in [2.24, 2.45) is 5.92 Å². The predicted molar refractivity (Wildman–Crippen MR) is 82.2 cm³/mol. The van der Waals surface area contributed by atoms with Gasteiger partial charge in [0.25, 0.3) is 0 Å². The van der Waals surface area contributed by atoms with Crippen LogP contribution in [0.5, 0.6) is 5.75 Å². The van der Waals surface area contributed by atoms with E-state index < -0.39 is 0 Å². The van der Waals surface area contributed by atoms with Crippen molar-refractivity contribution < 1.29 is 14.3 Å². The summed E-state index contributed by atoms with van der Waals surface area (Å²) in [6, 6.07) is 7.72. The molecule has 0 unspecified atom stereocenters. The molecule has 0 radical (unpaired) electrons. The third kappa shape index (κ3) is 4.08. The Morgan fingerprint density at radius 2 is 2.14 bits per heavy atom. The molecule has 4 heteroatoms. The summed E-state index contributed by atoms with van der Waals surface area (Å²) < 4.78 is 10.9. The summed E-state index contributed by atoms with van der Waals surface area (Å²) in [5.41, 5.74) is 0.950. The van der Waals surface area contributed by atoms with Crippen LogP contribution in [0.3, 0.4) is 0 Å². The fourth-order valence-electron chi connectivity index (χ4n) is 2.62. The topological polar surface area (TPSA) is 47.6 Å². The molecule has 0 saturated heterocycles. The van der Waals surface area contributed by atoms with Crippen LogP contribution < -0.4 is 10.1 Å². The monoisotopic (exact) mass is 289 g/mol. The van der Waals surface area contributed by atoms with Crippen LogP contribution in [0.1, 0.15) is 30.9 Å². The minimum absolute atomic E-state index is 0.0881. The highest BCUT2D eigenvalue weighted by atomic mass is 16.5. The Morgan fingerprint density at radius 3 is 2.81 bits per heavy atom. The van der Waals surface area contributed by atoms with Crippen LogP contribution in [-0.2, 0) is 9.53 Å². The SMILES string of the molecule is COc1ccccc1[C@H](CNC(=O)[C@H]1CC=CCC1)OC. The Balaban J connectivity index is 1.96. The first-order valence-corrected chi connectivity index (χ1v) is 7.34. The molecule has 2 atom stereocenters. The van der Waals surface area contributed by atoms with Crippen molar-refractivity contribution in [1.82, 2.24) is 5.32 Å². The first-order valence-electron chi connectivity index (χ1n) is 7.34. The van der Waals surface area contributed by atoms with Gasteiger partial charge in [0.2, 0.25) is 5.91 Å². The summed E-state index contributed by atoms with van der Waals surface area (Å²) in [6.45, 7) is 0.454. The lowest BCUT2D eigenvalue weighted by molar-refractivity contribution is -0.125. The van der Waals surface area contributed by atoms with Gasteiger partial charge in [0.15, 0.2) is 0 Å². The van der Waals surface area contributed by atoms with E-state index >= 15 is 0 Å². The van der Waals surface area contributed by atoms with Gasteiger partial charge in [-0.15, -0.1) is 0 Å². The summed E-state index contributed by atoms with van der Waals surface area (Å²) in [5.74, 6) is 0.973. The van der Waals surface area contributed by atoms with Gasteiger partial charge < -0.3 is 14.8 Å². The highest BCUT2D eigenvalue weighted by Crippen LogP contribution is 2.26. The standard InChI is InChI=1S/C17H23NO3/c1-20-15-11-7-6-10-14(15)16(21-2)12-18-17(19)13-8-4-3-5-9-13/h3-4,6-7,10-11,13,16H,5,8-9,12H2,1-2H3,(H,18,19)/t13-,16-/m0/s1. The van der Waals surface area contributed by atoms with Crippen LogP contribution in [0.15, 0.2) is 36.4 Å². The van der Waals surface area contributed by atoms with Gasteiger partial charge in [0.1, 0.15) is 11.9 Å². The van der Waals surface area contributed by atoms with Gasteiger partial charge in [-0.3, -0.25) is 4.79 Å². The molecule has 1 aliphatic rings. The number of allylic oxidation sites excluding steroid dienone is 2.